The number of ether oxygens (including phenoxy) is 2. The van der Waals surface area contributed by atoms with Crippen molar-refractivity contribution in [2.75, 3.05) is 6.54 Å². The number of aliphatic imine (C=N–C) groups is 1. The molecule has 0 aromatic carbocycles. The summed E-state index contributed by atoms with van der Waals surface area (Å²) in [5, 5.41) is 0. The molecule has 5 aliphatic rings. The van der Waals surface area contributed by atoms with Crippen LogP contribution in [-0.4, -0.2) is 36.4 Å². The first-order chi connectivity index (χ1) is 17.0. The van der Waals surface area contributed by atoms with Crippen molar-refractivity contribution in [3.63, 3.8) is 0 Å². The minimum absolute atomic E-state index is 0.0125. The van der Waals surface area contributed by atoms with Crippen LogP contribution < -0.4 is 0 Å². The molecule has 0 saturated heterocycles. The summed E-state index contributed by atoms with van der Waals surface area (Å²) in [5.74, 6) is 3.86. The molecule has 11 atom stereocenters. The predicted molar refractivity (Wildman–Crippen MR) is 142 cm³/mol. The van der Waals surface area contributed by atoms with Crippen LogP contribution in [-0.2, 0) is 19.1 Å². The van der Waals surface area contributed by atoms with Crippen molar-refractivity contribution in [2.45, 2.75) is 118 Å². The average Bonchev–Trinajstić information content (AvgIpc) is 3.10. The van der Waals surface area contributed by atoms with Gasteiger partial charge in [-0.05, 0) is 105 Å². The molecule has 0 aromatic heterocycles. The lowest BCUT2D eigenvalue weighted by Gasteiger charge is -2.61. The zero-order valence-corrected chi connectivity index (χ0v) is 23.6. The first kappa shape index (κ1) is 26.2. The number of carbonyl (C=O) groups excluding carboxylic acids is 2. The van der Waals surface area contributed by atoms with Crippen LogP contribution in [0.3, 0.4) is 0 Å². The first-order valence-corrected chi connectivity index (χ1v) is 14.9. The summed E-state index contributed by atoms with van der Waals surface area (Å²) in [7, 11) is 0. The second-order valence-electron chi connectivity index (χ2n) is 13.9. The monoisotopic (exact) mass is 499 g/mol. The highest BCUT2D eigenvalue weighted by molar-refractivity contribution is 5.87. The lowest BCUT2D eigenvalue weighted by atomic mass is 9.44. The molecule has 0 N–H and O–H groups in total. The van der Waals surface area contributed by atoms with E-state index in [9.17, 15) is 9.59 Å². The first-order valence-electron chi connectivity index (χ1n) is 14.9. The maximum absolute atomic E-state index is 12.2. The Morgan fingerprint density at radius 3 is 2.31 bits per heavy atom. The lowest BCUT2D eigenvalue weighted by Crippen LogP contribution is -2.54. The van der Waals surface area contributed by atoms with E-state index in [4.69, 9.17) is 14.5 Å². The van der Waals surface area contributed by atoms with Gasteiger partial charge in [0.1, 0.15) is 12.2 Å². The topological polar surface area (TPSA) is 65.0 Å². The van der Waals surface area contributed by atoms with Gasteiger partial charge in [0.2, 0.25) is 0 Å². The van der Waals surface area contributed by atoms with Crippen LogP contribution in [0, 0.1) is 52.3 Å². The van der Waals surface area contributed by atoms with E-state index >= 15 is 0 Å². The summed E-state index contributed by atoms with van der Waals surface area (Å²) < 4.78 is 11.8. The molecule has 4 aliphatic carbocycles. The number of fused-ring (bicyclic) bond motifs is 5. The largest absolute Gasteiger partial charge is 0.463 e. The van der Waals surface area contributed by atoms with E-state index in [1.54, 1.807) is 13.8 Å². The van der Waals surface area contributed by atoms with Crippen molar-refractivity contribution in [3.8, 4) is 0 Å². The van der Waals surface area contributed by atoms with Crippen molar-refractivity contribution in [3.05, 3.63) is 0 Å². The fraction of sp³-hybridized carbons (Fsp3) is 0.903. The van der Waals surface area contributed by atoms with E-state index in [2.05, 4.69) is 27.7 Å². The fourth-order valence-electron chi connectivity index (χ4n) is 10.2. The van der Waals surface area contributed by atoms with Crippen LogP contribution in [0.2, 0.25) is 0 Å². The third-order valence-corrected chi connectivity index (χ3v) is 11.9. The molecular formula is C31H49NO4. The second-order valence-corrected chi connectivity index (χ2v) is 13.9. The predicted octanol–water partition coefficient (Wildman–Crippen LogP) is 6.63. The van der Waals surface area contributed by atoms with Gasteiger partial charge in [0, 0.05) is 37.9 Å². The van der Waals surface area contributed by atoms with Gasteiger partial charge >= 0.3 is 11.9 Å². The summed E-state index contributed by atoms with van der Waals surface area (Å²) in [6.45, 7) is 13.9. The van der Waals surface area contributed by atoms with E-state index in [0.717, 1.165) is 38.1 Å². The maximum Gasteiger partial charge on any atom is 0.302 e. The van der Waals surface area contributed by atoms with Gasteiger partial charge in [-0.15, -0.1) is 0 Å². The zero-order valence-electron chi connectivity index (χ0n) is 23.6. The van der Waals surface area contributed by atoms with Gasteiger partial charge in [0.25, 0.3) is 0 Å². The number of nitrogens with zero attached hydrogens (tertiary/aromatic N) is 1. The molecule has 36 heavy (non-hydrogen) atoms. The van der Waals surface area contributed by atoms with E-state index in [0.29, 0.717) is 40.9 Å². The molecule has 202 valence electrons. The van der Waals surface area contributed by atoms with Crippen molar-refractivity contribution < 1.29 is 19.1 Å². The SMILES string of the molecule is CC(=O)O[C@H]1CC[C@@]2(C)C(CC[C@H]3[C@@H]4C[C@H](OC(C)=O)[C@H]([C@H](C)C5=NC[C@H](C)CC5)[C@@]4(C)CC[C@@H]32)C1. The van der Waals surface area contributed by atoms with Gasteiger partial charge in [-0.1, -0.05) is 27.7 Å². The number of hydrogen-bond donors (Lipinski definition) is 0. The van der Waals surface area contributed by atoms with Crippen LogP contribution in [0.15, 0.2) is 4.99 Å². The quantitative estimate of drug-likeness (QED) is 0.408. The van der Waals surface area contributed by atoms with Crippen molar-refractivity contribution in [2.24, 2.45) is 57.2 Å². The van der Waals surface area contributed by atoms with Crippen molar-refractivity contribution in [1.29, 1.82) is 0 Å². The number of esters is 2. The third kappa shape index (κ3) is 4.45. The molecule has 4 saturated carbocycles. The molecule has 4 fully saturated rings. The van der Waals surface area contributed by atoms with E-state index in [1.807, 2.05) is 0 Å². The highest BCUT2D eigenvalue weighted by atomic mass is 16.5. The fourth-order valence-corrected chi connectivity index (χ4v) is 10.2. The smallest absolute Gasteiger partial charge is 0.302 e. The lowest BCUT2D eigenvalue weighted by molar-refractivity contribution is -0.160. The van der Waals surface area contributed by atoms with Crippen LogP contribution in [0.1, 0.15) is 106 Å². The molecule has 0 aromatic rings. The van der Waals surface area contributed by atoms with E-state index in [1.165, 1.54) is 44.2 Å². The molecule has 5 heteroatoms. The molecule has 5 nitrogen and oxygen atoms in total. The highest BCUT2D eigenvalue weighted by Gasteiger charge is 2.64. The van der Waals surface area contributed by atoms with E-state index < -0.39 is 0 Å². The normalized spacial score (nSPS) is 47.0. The summed E-state index contributed by atoms with van der Waals surface area (Å²) in [6, 6.07) is 0. The number of rotatable bonds is 4. The second kappa shape index (κ2) is 9.73. The number of hydrogen-bond acceptors (Lipinski definition) is 5. The van der Waals surface area contributed by atoms with Crippen molar-refractivity contribution in [1.82, 2.24) is 0 Å². The van der Waals surface area contributed by atoms with Gasteiger partial charge in [0.15, 0.2) is 0 Å². The van der Waals surface area contributed by atoms with Crippen molar-refractivity contribution >= 4 is 17.7 Å². The minimum Gasteiger partial charge on any atom is -0.463 e. The maximum atomic E-state index is 12.2. The Balaban J connectivity index is 1.39. The standard InChI is InChI=1S/C31H49NO4/c1-18-7-10-27(32-17-18)19(2)29-28(36-21(4)34)16-26-24-9-8-22-15-23(35-20(3)33)11-13-30(22,5)25(24)12-14-31(26,29)6/h18-19,22-26,28-29H,7-17H2,1-6H3/t18-,19-,22?,23+,24-,25+,26+,28+,29+,30+,31+/m1/s1. The summed E-state index contributed by atoms with van der Waals surface area (Å²) in [5.41, 5.74) is 1.91. The summed E-state index contributed by atoms with van der Waals surface area (Å²) in [6.07, 6.45) is 11.7. The third-order valence-electron chi connectivity index (χ3n) is 11.9. The average molecular weight is 500 g/mol. The number of carbonyl (C=O) groups is 2. The summed E-state index contributed by atoms with van der Waals surface area (Å²) >= 11 is 0. The Labute approximate surface area is 218 Å². The van der Waals surface area contributed by atoms with Gasteiger partial charge in [-0.3, -0.25) is 14.6 Å². The van der Waals surface area contributed by atoms with Crippen LogP contribution in [0.5, 0.6) is 0 Å². The van der Waals surface area contributed by atoms with Gasteiger partial charge in [-0.2, -0.15) is 0 Å². The van der Waals surface area contributed by atoms with Gasteiger partial charge in [0.05, 0.1) is 0 Å². The van der Waals surface area contributed by atoms with Crippen LogP contribution in [0.25, 0.3) is 0 Å². The van der Waals surface area contributed by atoms with Gasteiger partial charge < -0.3 is 9.47 Å². The van der Waals surface area contributed by atoms with Crippen LogP contribution >= 0.6 is 0 Å². The molecule has 1 aliphatic heterocycles. The van der Waals surface area contributed by atoms with Crippen LogP contribution in [0.4, 0.5) is 0 Å². The molecule has 1 unspecified atom stereocenters. The Morgan fingerprint density at radius 1 is 0.917 bits per heavy atom. The van der Waals surface area contributed by atoms with Gasteiger partial charge in [-0.25, -0.2) is 0 Å². The Morgan fingerprint density at radius 2 is 1.64 bits per heavy atom. The summed E-state index contributed by atoms with van der Waals surface area (Å²) in [4.78, 5) is 28.9. The molecule has 5 rings (SSSR count). The molecule has 0 bridgehead atoms. The minimum atomic E-state index is -0.134. The Kier molecular flexibility index (Phi) is 7.09. The molecule has 1 heterocycles. The Hall–Kier alpha value is -1.39. The highest BCUT2D eigenvalue weighted by Crippen LogP contribution is 2.68. The molecule has 0 radical (unpaired) electrons. The molecule has 0 spiro atoms. The molecular weight excluding hydrogens is 450 g/mol. The Bertz CT molecular complexity index is 899. The molecule has 0 amide bonds. The zero-order chi connectivity index (χ0) is 25.8. The van der Waals surface area contributed by atoms with E-state index in [-0.39, 0.29) is 29.6 Å².